The van der Waals surface area contributed by atoms with Gasteiger partial charge < -0.3 is 5.32 Å². The molecular weight excluding hydrogens is 569 g/mol. The van der Waals surface area contributed by atoms with Gasteiger partial charge in [-0.25, -0.2) is 22.2 Å². The first kappa shape index (κ1) is 28.2. The van der Waals surface area contributed by atoms with E-state index < -0.39 is 50.6 Å². The second-order valence-corrected chi connectivity index (χ2v) is 11.3. The summed E-state index contributed by atoms with van der Waals surface area (Å²) in [5.41, 5.74) is -2.92. The fourth-order valence-electron chi connectivity index (χ4n) is 4.47. The molecule has 1 fully saturated rings. The zero-order valence-corrected chi connectivity index (χ0v) is 22.0. The van der Waals surface area contributed by atoms with Gasteiger partial charge in [-0.15, -0.1) is 0 Å². The van der Waals surface area contributed by atoms with Crippen LogP contribution in [-0.2, 0) is 17.1 Å². The molecule has 10 nitrogen and oxygen atoms in total. The molecule has 0 saturated heterocycles. The molecule has 1 aliphatic carbocycles. The number of aromatic nitrogens is 3. The van der Waals surface area contributed by atoms with Gasteiger partial charge in [0, 0.05) is 19.2 Å². The van der Waals surface area contributed by atoms with E-state index in [0.717, 1.165) is 31.9 Å². The number of benzene rings is 2. The molecule has 41 heavy (non-hydrogen) atoms. The van der Waals surface area contributed by atoms with Crippen LogP contribution in [0, 0.1) is 5.82 Å². The van der Waals surface area contributed by atoms with Crippen molar-refractivity contribution in [1.82, 2.24) is 13.7 Å². The van der Waals surface area contributed by atoms with Crippen molar-refractivity contribution in [3.05, 3.63) is 85.5 Å². The molecule has 1 saturated carbocycles. The Morgan fingerprint density at radius 2 is 1.73 bits per heavy atom. The van der Waals surface area contributed by atoms with Crippen LogP contribution < -0.4 is 32.3 Å². The Kier molecular flexibility index (Phi) is 6.84. The van der Waals surface area contributed by atoms with Crippen LogP contribution in [0.5, 0.6) is 0 Å². The molecule has 4 aromatic rings. The minimum absolute atomic E-state index is 0.0487. The van der Waals surface area contributed by atoms with Crippen LogP contribution in [0.25, 0.3) is 16.7 Å². The maximum absolute atomic E-state index is 14.6. The van der Waals surface area contributed by atoms with Gasteiger partial charge in [0.2, 0.25) is 10.0 Å². The Morgan fingerprint density at radius 1 is 1.02 bits per heavy atom. The third kappa shape index (κ3) is 5.64. The molecule has 2 radical (unpaired) electrons. The summed E-state index contributed by atoms with van der Waals surface area (Å²) in [4.78, 5) is 40.4. The molecule has 16 heteroatoms. The van der Waals surface area contributed by atoms with Crippen LogP contribution in [0.2, 0.25) is 0 Å². The number of pyridine rings is 1. The predicted molar refractivity (Wildman–Crippen MR) is 146 cm³/mol. The van der Waals surface area contributed by atoms with Gasteiger partial charge >= 0.3 is 11.9 Å². The van der Waals surface area contributed by atoms with E-state index in [0.29, 0.717) is 12.8 Å². The molecule has 0 aliphatic heterocycles. The van der Waals surface area contributed by atoms with E-state index in [-0.39, 0.29) is 39.2 Å². The van der Waals surface area contributed by atoms with E-state index >= 15 is 0 Å². The first-order valence-electron chi connectivity index (χ1n) is 12.1. The van der Waals surface area contributed by atoms with Crippen molar-refractivity contribution in [2.24, 2.45) is 7.05 Å². The number of anilines is 3. The Bertz CT molecular complexity index is 2000. The number of sulfonamides is 1. The van der Waals surface area contributed by atoms with Gasteiger partial charge in [-0.05, 0) is 43.2 Å². The Balaban J connectivity index is 1.77. The highest BCUT2D eigenvalue weighted by Gasteiger charge is 2.35. The van der Waals surface area contributed by atoms with Crippen LogP contribution in [0.15, 0.2) is 62.9 Å². The summed E-state index contributed by atoms with van der Waals surface area (Å²) in [6, 6.07) is 9.26. The van der Waals surface area contributed by atoms with Crippen LogP contribution >= 0.6 is 0 Å². The number of aryl methyl sites for hydroxylation is 1. The second-order valence-electron chi connectivity index (χ2n) is 9.57. The zero-order chi connectivity index (χ0) is 29.9. The SMILES string of the molecule is [B]c1ccc(Nc2cc(=O)n(C)c3c2c(=O)n(C2CC2)c(=O)n3-c2cccc(NS(=O)(=O)CC(F)(F)F)c2)c(F)c1. The van der Waals surface area contributed by atoms with Crippen molar-refractivity contribution in [1.29, 1.82) is 0 Å². The Morgan fingerprint density at radius 3 is 2.37 bits per heavy atom. The number of hydrogen-bond donors (Lipinski definition) is 2. The fraction of sp³-hybridized carbons (Fsp3) is 0.240. The lowest BCUT2D eigenvalue weighted by atomic mass is 9.96. The lowest BCUT2D eigenvalue weighted by Crippen LogP contribution is -2.41. The minimum Gasteiger partial charge on any atom is -0.352 e. The zero-order valence-electron chi connectivity index (χ0n) is 21.2. The average Bonchev–Trinajstić information content (AvgIpc) is 3.67. The van der Waals surface area contributed by atoms with Crippen molar-refractivity contribution in [2.75, 3.05) is 15.8 Å². The molecule has 2 aromatic carbocycles. The topological polar surface area (TPSA) is 124 Å². The van der Waals surface area contributed by atoms with E-state index in [2.05, 4.69) is 5.32 Å². The predicted octanol–water partition coefficient (Wildman–Crippen LogP) is 2.17. The summed E-state index contributed by atoms with van der Waals surface area (Å²) in [6.07, 6.45) is -3.97. The highest BCUT2D eigenvalue weighted by atomic mass is 32.2. The van der Waals surface area contributed by atoms with Gasteiger partial charge in [-0.2, -0.15) is 13.2 Å². The van der Waals surface area contributed by atoms with Gasteiger partial charge in [0.25, 0.3) is 11.1 Å². The Hall–Kier alpha value is -4.34. The fourth-order valence-corrected chi connectivity index (χ4v) is 5.46. The maximum atomic E-state index is 14.6. The van der Waals surface area contributed by atoms with Gasteiger partial charge in [-0.1, -0.05) is 17.6 Å². The van der Waals surface area contributed by atoms with Gasteiger partial charge in [0.15, 0.2) is 5.75 Å². The molecule has 2 heterocycles. The molecule has 0 amide bonds. The van der Waals surface area contributed by atoms with Crippen LogP contribution in [0.4, 0.5) is 34.6 Å². The first-order valence-corrected chi connectivity index (χ1v) is 13.7. The van der Waals surface area contributed by atoms with E-state index in [9.17, 15) is 40.4 Å². The molecule has 212 valence electrons. The molecule has 0 bridgehead atoms. The summed E-state index contributed by atoms with van der Waals surface area (Å²) in [7, 11) is 2.05. The summed E-state index contributed by atoms with van der Waals surface area (Å²) in [6.45, 7) is 0. The third-order valence-electron chi connectivity index (χ3n) is 6.36. The minimum atomic E-state index is -5.00. The van der Waals surface area contributed by atoms with Gasteiger partial charge in [0.1, 0.15) is 24.7 Å². The van der Waals surface area contributed by atoms with E-state index in [1.165, 1.54) is 37.4 Å². The second kappa shape index (κ2) is 9.94. The lowest BCUT2D eigenvalue weighted by Gasteiger charge is -2.19. The number of fused-ring (bicyclic) bond motifs is 1. The molecule has 0 spiro atoms. The molecule has 1 aliphatic rings. The highest BCUT2D eigenvalue weighted by molar-refractivity contribution is 7.92. The van der Waals surface area contributed by atoms with Crippen molar-refractivity contribution in [3.63, 3.8) is 0 Å². The van der Waals surface area contributed by atoms with Crippen molar-refractivity contribution >= 4 is 51.4 Å². The van der Waals surface area contributed by atoms with Gasteiger partial charge in [0.05, 0.1) is 22.7 Å². The monoisotopic (exact) mass is 589 g/mol. The summed E-state index contributed by atoms with van der Waals surface area (Å²) in [5, 5.41) is 2.57. The number of halogens is 4. The van der Waals surface area contributed by atoms with E-state index in [1.54, 1.807) is 0 Å². The average molecular weight is 589 g/mol. The molecule has 0 atom stereocenters. The molecular formula is C25H20BF4N5O5S. The number of alkyl halides is 3. The summed E-state index contributed by atoms with van der Waals surface area (Å²) in [5.74, 6) is -2.90. The van der Waals surface area contributed by atoms with Crippen molar-refractivity contribution < 1.29 is 26.0 Å². The Labute approximate surface area is 230 Å². The number of hydrogen-bond acceptors (Lipinski definition) is 6. The molecule has 2 N–H and O–H groups in total. The van der Waals surface area contributed by atoms with Gasteiger partial charge in [-0.3, -0.25) is 23.4 Å². The summed E-state index contributed by atoms with van der Waals surface area (Å²) < 4.78 is 81.8. The number of nitrogens with zero attached hydrogens (tertiary/aromatic N) is 3. The van der Waals surface area contributed by atoms with Crippen molar-refractivity contribution in [2.45, 2.75) is 25.1 Å². The maximum Gasteiger partial charge on any atom is 0.404 e. The normalized spacial score (nSPS) is 13.9. The number of rotatable bonds is 7. The standard InChI is InChI=1S/C25H20BF4N5O5S/c1-33-20(36)11-19(31-18-8-5-13(26)9-17(18)27)21-22(33)34(24(38)35(23(21)37)15-6-7-15)16-4-2-3-14(10-16)32-41(39,40)12-25(28,29)30/h2-5,8-11,15,31-32H,6-7,12H2,1H3. The molecule has 0 unspecified atom stereocenters. The van der Waals surface area contributed by atoms with E-state index in [4.69, 9.17) is 7.85 Å². The third-order valence-corrected chi connectivity index (χ3v) is 7.61. The first-order chi connectivity index (χ1) is 19.1. The van der Waals surface area contributed by atoms with Crippen LogP contribution in [-0.4, -0.2) is 41.9 Å². The number of nitrogens with one attached hydrogen (secondary N) is 2. The van der Waals surface area contributed by atoms with Crippen LogP contribution in [0.3, 0.4) is 0 Å². The molecule has 2 aromatic heterocycles. The largest absolute Gasteiger partial charge is 0.404 e. The summed E-state index contributed by atoms with van der Waals surface area (Å²) >= 11 is 0. The highest BCUT2D eigenvalue weighted by Crippen LogP contribution is 2.34. The van der Waals surface area contributed by atoms with E-state index in [1.807, 2.05) is 4.72 Å². The lowest BCUT2D eigenvalue weighted by molar-refractivity contribution is -0.106. The molecule has 5 rings (SSSR count). The van der Waals surface area contributed by atoms with Crippen molar-refractivity contribution in [3.8, 4) is 5.69 Å². The quantitative estimate of drug-likeness (QED) is 0.252. The van der Waals surface area contributed by atoms with Crippen LogP contribution in [0.1, 0.15) is 18.9 Å². The smallest absolute Gasteiger partial charge is 0.352 e.